The number of methoxy groups -OCH3 is 2. The second-order valence-electron chi connectivity index (χ2n) is 5.67. The van der Waals surface area contributed by atoms with Crippen molar-refractivity contribution in [3.05, 3.63) is 58.3 Å². The van der Waals surface area contributed by atoms with Gasteiger partial charge < -0.3 is 13.9 Å². The van der Waals surface area contributed by atoms with Crippen LogP contribution in [0.1, 0.15) is 26.5 Å². The molecule has 0 aliphatic rings. The highest BCUT2D eigenvalue weighted by atomic mass is 35.5. The van der Waals surface area contributed by atoms with E-state index in [4.69, 9.17) is 25.5 Å². The molecule has 7 nitrogen and oxygen atoms in total. The molecular formula is C19H17ClN2O5. The van der Waals surface area contributed by atoms with Gasteiger partial charge in [0.1, 0.15) is 17.1 Å². The van der Waals surface area contributed by atoms with E-state index in [0.29, 0.717) is 27.7 Å². The Hall–Kier alpha value is -3.19. The summed E-state index contributed by atoms with van der Waals surface area (Å²) in [5.74, 6) is -0.0790. The van der Waals surface area contributed by atoms with Gasteiger partial charge in [0.2, 0.25) is 0 Å². The zero-order valence-electron chi connectivity index (χ0n) is 14.9. The molecule has 0 fully saturated rings. The van der Waals surface area contributed by atoms with E-state index >= 15 is 0 Å². The first-order valence-corrected chi connectivity index (χ1v) is 8.33. The molecule has 0 atom stereocenters. The fraction of sp³-hybridized carbons (Fsp3) is 0.158. The van der Waals surface area contributed by atoms with E-state index in [2.05, 4.69) is 10.9 Å². The fourth-order valence-corrected chi connectivity index (χ4v) is 2.81. The van der Waals surface area contributed by atoms with Crippen LogP contribution < -0.4 is 20.3 Å². The molecule has 27 heavy (non-hydrogen) atoms. The van der Waals surface area contributed by atoms with Crippen molar-refractivity contribution in [1.82, 2.24) is 10.9 Å². The quantitative estimate of drug-likeness (QED) is 0.668. The number of benzene rings is 2. The highest BCUT2D eigenvalue weighted by Crippen LogP contribution is 2.28. The number of hydrogen-bond acceptors (Lipinski definition) is 5. The highest BCUT2D eigenvalue weighted by Gasteiger charge is 2.20. The molecule has 3 rings (SSSR count). The number of nitrogens with one attached hydrogen (secondary N) is 2. The van der Waals surface area contributed by atoms with Gasteiger partial charge in [0.25, 0.3) is 5.91 Å². The van der Waals surface area contributed by atoms with Gasteiger partial charge in [0.15, 0.2) is 5.76 Å². The van der Waals surface area contributed by atoms with Crippen molar-refractivity contribution in [2.45, 2.75) is 6.92 Å². The van der Waals surface area contributed by atoms with Gasteiger partial charge in [-0.3, -0.25) is 20.4 Å². The summed E-state index contributed by atoms with van der Waals surface area (Å²) < 4.78 is 15.9. The molecule has 1 heterocycles. The topological polar surface area (TPSA) is 89.8 Å². The van der Waals surface area contributed by atoms with Crippen LogP contribution in [0.2, 0.25) is 5.02 Å². The predicted octanol–water partition coefficient (Wildman–Crippen LogP) is 3.49. The van der Waals surface area contributed by atoms with Crippen molar-refractivity contribution < 1.29 is 23.5 Å². The predicted molar refractivity (Wildman–Crippen MR) is 100 cm³/mol. The molecule has 0 saturated heterocycles. The number of amides is 2. The largest absolute Gasteiger partial charge is 0.497 e. The van der Waals surface area contributed by atoms with Crippen LogP contribution in [0.5, 0.6) is 11.5 Å². The molecule has 0 unspecified atom stereocenters. The maximum Gasteiger partial charge on any atom is 0.305 e. The molecule has 0 aliphatic heterocycles. The summed E-state index contributed by atoms with van der Waals surface area (Å²) in [4.78, 5) is 24.8. The van der Waals surface area contributed by atoms with Gasteiger partial charge in [0.05, 0.1) is 19.8 Å². The molecule has 0 bridgehead atoms. The third kappa shape index (κ3) is 3.68. The summed E-state index contributed by atoms with van der Waals surface area (Å²) >= 11 is 5.92. The molecule has 2 N–H and O–H groups in total. The molecular weight excluding hydrogens is 372 g/mol. The lowest BCUT2D eigenvalue weighted by Crippen LogP contribution is -2.41. The second kappa shape index (κ2) is 7.59. The van der Waals surface area contributed by atoms with E-state index in [1.54, 1.807) is 44.4 Å². The SMILES string of the molecule is COc1ccc2oc(C(=O)NNC(=O)c3cc(Cl)ccc3OC)c(C)c2c1. The first-order valence-electron chi connectivity index (χ1n) is 7.96. The van der Waals surface area contributed by atoms with Crippen molar-refractivity contribution in [2.24, 2.45) is 0 Å². The highest BCUT2D eigenvalue weighted by molar-refractivity contribution is 6.31. The maximum absolute atomic E-state index is 12.4. The van der Waals surface area contributed by atoms with Crippen LogP contribution in [0.3, 0.4) is 0 Å². The lowest BCUT2D eigenvalue weighted by Gasteiger charge is -2.10. The number of furan rings is 1. The van der Waals surface area contributed by atoms with E-state index in [1.165, 1.54) is 13.2 Å². The lowest BCUT2D eigenvalue weighted by molar-refractivity contribution is 0.0830. The zero-order chi connectivity index (χ0) is 19.6. The molecule has 2 amide bonds. The minimum atomic E-state index is -0.586. The Kier molecular flexibility index (Phi) is 5.23. The van der Waals surface area contributed by atoms with Crippen molar-refractivity contribution in [1.29, 1.82) is 0 Å². The summed E-state index contributed by atoms with van der Waals surface area (Å²) in [5.41, 5.74) is 6.04. The van der Waals surface area contributed by atoms with Crippen LogP contribution in [-0.4, -0.2) is 26.0 Å². The van der Waals surface area contributed by atoms with Crippen molar-refractivity contribution in [3.8, 4) is 11.5 Å². The Morgan fingerprint density at radius 3 is 2.44 bits per heavy atom. The maximum atomic E-state index is 12.4. The minimum absolute atomic E-state index is 0.0941. The van der Waals surface area contributed by atoms with Crippen molar-refractivity contribution in [2.75, 3.05) is 14.2 Å². The van der Waals surface area contributed by atoms with Gasteiger partial charge in [-0.25, -0.2) is 0 Å². The number of ether oxygens (including phenoxy) is 2. The van der Waals surface area contributed by atoms with E-state index in [1.807, 2.05) is 0 Å². The van der Waals surface area contributed by atoms with E-state index in [9.17, 15) is 9.59 Å². The number of aryl methyl sites for hydroxylation is 1. The third-order valence-electron chi connectivity index (χ3n) is 4.05. The molecule has 140 valence electrons. The Morgan fingerprint density at radius 1 is 1.00 bits per heavy atom. The molecule has 0 saturated carbocycles. The summed E-state index contributed by atoms with van der Waals surface area (Å²) in [6.45, 7) is 1.75. The van der Waals surface area contributed by atoms with E-state index in [-0.39, 0.29) is 11.3 Å². The van der Waals surface area contributed by atoms with Crippen LogP contribution in [-0.2, 0) is 0 Å². The number of carbonyl (C=O) groups excluding carboxylic acids is 2. The van der Waals surface area contributed by atoms with Gasteiger partial charge in [-0.05, 0) is 43.3 Å². The average molecular weight is 389 g/mol. The number of carbonyl (C=O) groups is 2. The van der Waals surface area contributed by atoms with Crippen molar-refractivity contribution >= 4 is 34.4 Å². The Bertz CT molecular complexity index is 1030. The monoisotopic (exact) mass is 388 g/mol. The standard InChI is InChI=1S/C19H17ClN2O5/c1-10-13-9-12(25-2)5-7-16(13)27-17(10)19(24)22-21-18(23)14-8-11(20)4-6-15(14)26-3/h4-9H,1-3H3,(H,21,23)(H,22,24). The number of fused-ring (bicyclic) bond motifs is 1. The average Bonchev–Trinajstić information content (AvgIpc) is 3.01. The van der Waals surface area contributed by atoms with Gasteiger partial charge >= 0.3 is 5.91 Å². The molecule has 1 aromatic heterocycles. The van der Waals surface area contributed by atoms with E-state index < -0.39 is 11.8 Å². The summed E-state index contributed by atoms with van der Waals surface area (Å²) in [7, 11) is 2.99. The number of halogens is 1. The molecule has 3 aromatic rings. The summed E-state index contributed by atoms with van der Waals surface area (Å²) in [5, 5.41) is 1.12. The fourth-order valence-electron chi connectivity index (χ4n) is 2.64. The lowest BCUT2D eigenvalue weighted by atomic mass is 10.1. The third-order valence-corrected chi connectivity index (χ3v) is 4.28. The minimum Gasteiger partial charge on any atom is -0.497 e. The Morgan fingerprint density at radius 2 is 1.74 bits per heavy atom. The summed E-state index contributed by atoms with van der Waals surface area (Å²) in [6.07, 6.45) is 0. The molecule has 2 aromatic carbocycles. The zero-order valence-corrected chi connectivity index (χ0v) is 15.6. The molecule has 8 heteroatoms. The van der Waals surface area contributed by atoms with Crippen LogP contribution in [0, 0.1) is 6.92 Å². The van der Waals surface area contributed by atoms with Gasteiger partial charge in [-0.1, -0.05) is 11.6 Å². The van der Waals surface area contributed by atoms with Gasteiger partial charge in [0, 0.05) is 16.0 Å². The molecule has 0 radical (unpaired) electrons. The van der Waals surface area contributed by atoms with Crippen LogP contribution >= 0.6 is 11.6 Å². The molecule has 0 aliphatic carbocycles. The first-order chi connectivity index (χ1) is 12.9. The van der Waals surface area contributed by atoms with Crippen LogP contribution in [0.4, 0.5) is 0 Å². The van der Waals surface area contributed by atoms with Crippen LogP contribution in [0.25, 0.3) is 11.0 Å². The Labute approximate surface area is 160 Å². The van der Waals surface area contributed by atoms with Crippen LogP contribution in [0.15, 0.2) is 40.8 Å². The molecule has 0 spiro atoms. The number of hydrogen-bond donors (Lipinski definition) is 2. The van der Waals surface area contributed by atoms with Gasteiger partial charge in [-0.2, -0.15) is 0 Å². The number of hydrazine groups is 1. The second-order valence-corrected chi connectivity index (χ2v) is 6.11. The Balaban J connectivity index is 1.78. The number of rotatable bonds is 4. The van der Waals surface area contributed by atoms with Crippen molar-refractivity contribution in [3.63, 3.8) is 0 Å². The normalized spacial score (nSPS) is 10.5. The smallest absolute Gasteiger partial charge is 0.305 e. The first kappa shape index (κ1) is 18.6. The van der Waals surface area contributed by atoms with Gasteiger partial charge in [-0.15, -0.1) is 0 Å². The van der Waals surface area contributed by atoms with E-state index in [0.717, 1.165) is 5.39 Å². The summed E-state index contributed by atoms with van der Waals surface area (Å²) in [6, 6.07) is 9.84.